The van der Waals surface area contributed by atoms with E-state index in [1.54, 1.807) is 20.3 Å². The van der Waals surface area contributed by atoms with Crippen molar-refractivity contribution in [2.24, 2.45) is 0 Å². The first-order valence-corrected chi connectivity index (χ1v) is 9.03. The summed E-state index contributed by atoms with van der Waals surface area (Å²) >= 11 is 0. The molecule has 0 aliphatic carbocycles. The number of hydrogen-bond acceptors (Lipinski definition) is 5. The standard InChI is InChI=1S/C21H27N3O4/c1-14-8-10-17(15(2)12-14)22-13-20(26)24-23-19(25)11-9-16-6-5-7-18(27-3)21(16)28-4/h5-8,10,12,22H,9,11,13H2,1-4H3,(H,23,25)(H,24,26). The van der Waals surface area contributed by atoms with E-state index in [4.69, 9.17) is 9.47 Å². The number of carbonyl (C=O) groups excluding carboxylic acids is 2. The van der Waals surface area contributed by atoms with E-state index in [2.05, 4.69) is 16.2 Å². The SMILES string of the molecule is COc1cccc(CCC(=O)NNC(=O)CNc2ccc(C)cc2C)c1OC. The number of amides is 2. The summed E-state index contributed by atoms with van der Waals surface area (Å²) in [5, 5.41) is 3.06. The van der Waals surface area contributed by atoms with Gasteiger partial charge >= 0.3 is 0 Å². The van der Waals surface area contributed by atoms with E-state index >= 15 is 0 Å². The van der Waals surface area contributed by atoms with Gasteiger partial charge in [-0.15, -0.1) is 0 Å². The highest BCUT2D eigenvalue weighted by Gasteiger charge is 2.12. The fourth-order valence-corrected chi connectivity index (χ4v) is 2.83. The van der Waals surface area contributed by atoms with Crippen LogP contribution in [0.5, 0.6) is 11.5 Å². The molecular weight excluding hydrogens is 358 g/mol. The molecule has 2 aromatic rings. The maximum absolute atomic E-state index is 12.0. The summed E-state index contributed by atoms with van der Waals surface area (Å²) in [4.78, 5) is 24.0. The molecule has 2 aromatic carbocycles. The molecule has 0 saturated carbocycles. The molecule has 0 heterocycles. The second-order valence-electron chi connectivity index (χ2n) is 6.42. The Labute approximate surface area is 165 Å². The zero-order valence-corrected chi connectivity index (χ0v) is 16.7. The first-order valence-electron chi connectivity index (χ1n) is 9.03. The van der Waals surface area contributed by atoms with Crippen molar-refractivity contribution in [1.82, 2.24) is 10.9 Å². The number of nitrogens with one attached hydrogen (secondary N) is 3. The fraction of sp³-hybridized carbons (Fsp3) is 0.333. The average Bonchev–Trinajstić information content (AvgIpc) is 2.69. The number of para-hydroxylation sites is 1. The third-order valence-electron chi connectivity index (χ3n) is 4.27. The van der Waals surface area contributed by atoms with Crippen LogP contribution in [0.15, 0.2) is 36.4 Å². The number of benzene rings is 2. The lowest BCUT2D eigenvalue weighted by Crippen LogP contribution is -2.44. The zero-order valence-electron chi connectivity index (χ0n) is 16.7. The molecule has 0 aromatic heterocycles. The molecular formula is C21H27N3O4. The second-order valence-corrected chi connectivity index (χ2v) is 6.42. The van der Waals surface area contributed by atoms with Gasteiger partial charge in [0.2, 0.25) is 5.91 Å². The van der Waals surface area contributed by atoms with Gasteiger partial charge in [0.15, 0.2) is 11.5 Å². The summed E-state index contributed by atoms with van der Waals surface area (Å²) in [5.74, 6) is 0.614. The van der Waals surface area contributed by atoms with Crippen molar-refractivity contribution >= 4 is 17.5 Å². The maximum Gasteiger partial charge on any atom is 0.257 e. The molecule has 0 atom stereocenters. The van der Waals surface area contributed by atoms with Crippen molar-refractivity contribution in [3.05, 3.63) is 53.1 Å². The van der Waals surface area contributed by atoms with Gasteiger partial charge in [-0.3, -0.25) is 20.4 Å². The summed E-state index contributed by atoms with van der Waals surface area (Å²) < 4.78 is 10.6. The summed E-state index contributed by atoms with van der Waals surface area (Å²) in [7, 11) is 3.13. The Morgan fingerprint density at radius 1 is 0.964 bits per heavy atom. The van der Waals surface area contributed by atoms with Crippen molar-refractivity contribution in [2.45, 2.75) is 26.7 Å². The van der Waals surface area contributed by atoms with Gasteiger partial charge in [-0.2, -0.15) is 0 Å². The van der Waals surface area contributed by atoms with Crippen molar-refractivity contribution in [3.63, 3.8) is 0 Å². The number of hydrogen-bond donors (Lipinski definition) is 3. The van der Waals surface area contributed by atoms with Crippen LogP contribution in [0.4, 0.5) is 5.69 Å². The first-order chi connectivity index (χ1) is 13.4. The minimum absolute atomic E-state index is 0.0634. The Hall–Kier alpha value is -3.22. The predicted molar refractivity (Wildman–Crippen MR) is 109 cm³/mol. The number of carbonyl (C=O) groups is 2. The van der Waals surface area contributed by atoms with Crippen LogP contribution < -0.4 is 25.6 Å². The number of hydrazine groups is 1. The van der Waals surface area contributed by atoms with Crippen LogP contribution in [0.25, 0.3) is 0 Å². The molecule has 3 N–H and O–H groups in total. The van der Waals surface area contributed by atoms with E-state index in [1.165, 1.54) is 0 Å². The van der Waals surface area contributed by atoms with Crippen LogP contribution in [0.3, 0.4) is 0 Å². The van der Waals surface area contributed by atoms with Crippen LogP contribution in [0, 0.1) is 13.8 Å². The average molecular weight is 385 g/mol. The Bertz CT molecular complexity index is 836. The molecule has 7 nitrogen and oxygen atoms in total. The van der Waals surface area contributed by atoms with Crippen LogP contribution in [-0.4, -0.2) is 32.6 Å². The van der Waals surface area contributed by atoms with Crippen LogP contribution in [-0.2, 0) is 16.0 Å². The topological polar surface area (TPSA) is 88.7 Å². The zero-order chi connectivity index (χ0) is 20.5. The number of anilines is 1. The monoisotopic (exact) mass is 385 g/mol. The molecule has 7 heteroatoms. The van der Waals surface area contributed by atoms with Crippen molar-refractivity contribution in [1.29, 1.82) is 0 Å². The molecule has 0 aliphatic heterocycles. The maximum atomic E-state index is 12.0. The molecule has 150 valence electrons. The van der Waals surface area contributed by atoms with Crippen LogP contribution >= 0.6 is 0 Å². The minimum atomic E-state index is -0.327. The van der Waals surface area contributed by atoms with Gasteiger partial charge in [-0.05, 0) is 43.5 Å². The second kappa shape index (κ2) is 10.2. The van der Waals surface area contributed by atoms with Crippen molar-refractivity contribution in [2.75, 3.05) is 26.1 Å². The van der Waals surface area contributed by atoms with Gasteiger partial charge in [0.1, 0.15) is 0 Å². The van der Waals surface area contributed by atoms with Crippen LogP contribution in [0.1, 0.15) is 23.1 Å². The summed E-state index contributed by atoms with van der Waals surface area (Å²) in [6, 6.07) is 11.5. The van der Waals surface area contributed by atoms with Gasteiger partial charge in [0.25, 0.3) is 5.91 Å². The first kappa shape index (κ1) is 21.1. The van der Waals surface area contributed by atoms with Crippen molar-refractivity contribution < 1.29 is 19.1 Å². The number of rotatable bonds is 8. The Balaban J connectivity index is 1.77. The van der Waals surface area contributed by atoms with E-state index < -0.39 is 0 Å². The number of ether oxygens (including phenoxy) is 2. The molecule has 0 fully saturated rings. The highest BCUT2D eigenvalue weighted by Crippen LogP contribution is 2.31. The Morgan fingerprint density at radius 2 is 1.71 bits per heavy atom. The Kier molecular flexibility index (Phi) is 7.68. The lowest BCUT2D eigenvalue weighted by Gasteiger charge is -2.13. The lowest BCUT2D eigenvalue weighted by atomic mass is 10.1. The smallest absolute Gasteiger partial charge is 0.257 e. The van der Waals surface area contributed by atoms with Gasteiger partial charge in [0.05, 0.1) is 20.8 Å². The van der Waals surface area contributed by atoms with Crippen molar-refractivity contribution in [3.8, 4) is 11.5 Å². The van der Waals surface area contributed by atoms with E-state index in [0.29, 0.717) is 17.9 Å². The molecule has 0 aliphatic rings. The predicted octanol–water partition coefficient (Wildman–Crippen LogP) is 2.51. The molecule has 0 unspecified atom stereocenters. The highest BCUT2D eigenvalue weighted by molar-refractivity contribution is 5.84. The van der Waals surface area contributed by atoms with E-state index in [9.17, 15) is 9.59 Å². The van der Waals surface area contributed by atoms with Crippen LogP contribution in [0.2, 0.25) is 0 Å². The Morgan fingerprint density at radius 3 is 2.39 bits per heavy atom. The molecule has 0 saturated heterocycles. The molecule has 0 radical (unpaired) electrons. The normalized spacial score (nSPS) is 10.1. The quantitative estimate of drug-likeness (QED) is 0.608. The molecule has 2 amide bonds. The van der Waals surface area contributed by atoms with E-state index in [-0.39, 0.29) is 24.8 Å². The van der Waals surface area contributed by atoms with E-state index in [1.807, 2.05) is 44.2 Å². The number of methoxy groups -OCH3 is 2. The highest BCUT2D eigenvalue weighted by atomic mass is 16.5. The largest absolute Gasteiger partial charge is 0.493 e. The number of aryl methyl sites for hydroxylation is 3. The molecule has 0 bridgehead atoms. The lowest BCUT2D eigenvalue weighted by molar-refractivity contribution is -0.128. The summed E-state index contributed by atoms with van der Waals surface area (Å²) in [5.41, 5.74) is 8.81. The minimum Gasteiger partial charge on any atom is -0.493 e. The van der Waals surface area contributed by atoms with Gasteiger partial charge in [-0.25, -0.2) is 0 Å². The molecule has 0 spiro atoms. The van der Waals surface area contributed by atoms with Gasteiger partial charge in [0, 0.05) is 12.1 Å². The third-order valence-corrected chi connectivity index (χ3v) is 4.27. The van der Waals surface area contributed by atoms with Gasteiger partial charge < -0.3 is 14.8 Å². The third kappa shape index (κ3) is 5.90. The molecule has 28 heavy (non-hydrogen) atoms. The van der Waals surface area contributed by atoms with E-state index in [0.717, 1.165) is 22.4 Å². The fourth-order valence-electron chi connectivity index (χ4n) is 2.83. The molecule has 2 rings (SSSR count). The summed E-state index contributed by atoms with van der Waals surface area (Å²) in [6.45, 7) is 4.05. The van der Waals surface area contributed by atoms with Gasteiger partial charge in [-0.1, -0.05) is 29.8 Å². The summed E-state index contributed by atoms with van der Waals surface area (Å²) in [6.07, 6.45) is 0.664.